The fourth-order valence-corrected chi connectivity index (χ4v) is 3.39. The molecule has 0 saturated heterocycles. The van der Waals surface area contributed by atoms with Crippen LogP contribution >= 0.6 is 23.4 Å². The van der Waals surface area contributed by atoms with Crippen molar-refractivity contribution in [1.82, 2.24) is 15.1 Å². The second kappa shape index (κ2) is 8.83. The van der Waals surface area contributed by atoms with E-state index in [1.165, 1.54) is 22.1 Å². The molecule has 0 amide bonds. The molecule has 27 heavy (non-hydrogen) atoms. The molecule has 0 unspecified atom stereocenters. The van der Waals surface area contributed by atoms with Gasteiger partial charge in [-0.2, -0.15) is 5.10 Å². The molecule has 0 bridgehead atoms. The summed E-state index contributed by atoms with van der Waals surface area (Å²) in [6, 6.07) is 15.6. The van der Waals surface area contributed by atoms with Crippen molar-refractivity contribution in [1.29, 1.82) is 0 Å². The molecule has 0 atom stereocenters. The number of aromatic nitrogens is 3. The molecule has 0 fully saturated rings. The molecular weight excluding hydrogens is 384 g/mol. The number of hydrogen-bond acceptors (Lipinski definition) is 6. The maximum Gasteiger partial charge on any atom is 0.275 e. The molecule has 8 heteroatoms. The lowest BCUT2D eigenvalue weighted by Crippen LogP contribution is -1.98. The first-order chi connectivity index (χ1) is 13.1. The van der Waals surface area contributed by atoms with Gasteiger partial charge in [0, 0.05) is 5.75 Å². The molecule has 0 aliphatic rings. The molecule has 6 nitrogen and oxygen atoms in total. The number of methoxy groups -OCH3 is 1. The van der Waals surface area contributed by atoms with E-state index in [4.69, 9.17) is 16.3 Å². The zero-order valence-corrected chi connectivity index (χ0v) is 16.4. The molecule has 1 heterocycles. The second-order valence-corrected chi connectivity index (χ2v) is 7.01. The number of hydrogen-bond donors (Lipinski definition) is 0. The van der Waals surface area contributed by atoms with E-state index in [0.717, 1.165) is 16.9 Å². The smallest absolute Gasteiger partial charge is 0.275 e. The summed E-state index contributed by atoms with van der Waals surface area (Å²) >= 11 is 7.05. The average Bonchev–Trinajstić information content (AvgIpc) is 3.09. The topological polar surface area (TPSA) is 69.4 Å². The van der Waals surface area contributed by atoms with E-state index in [-0.39, 0.29) is 5.69 Å². The summed E-state index contributed by atoms with van der Waals surface area (Å²) < 4.78 is 5.13. The number of ether oxygens (including phenoxy) is 1. The van der Waals surface area contributed by atoms with Gasteiger partial charge < -0.3 is 4.74 Å². The van der Waals surface area contributed by atoms with Crippen LogP contribution in [0.25, 0.3) is 0 Å². The summed E-state index contributed by atoms with van der Waals surface area (Å²) in [6.45, 7) is 2.04. The molecule has 0 N–H and O–H groups in total. The van der Waals surface area contributed by atoms with Crippen molar-refractivity contribution in [2.75, 3.05) is 7.11 Å². The number of nitrogens with zero attached hydrogens (tertiary/aromatic N) is 4. The maximum atomic E-state index is 11.7. The Bertz CT molecular complexity index is 953. The highest BCUT2D eigenvalue weighted by Crippen LogP contribution is 2.26. The van der Waals surface area contributed by atoms with E-state index >= 15 is 0 Å². The third-order valence-electron chi connectivity index (χ3n) is 3.73. The van der Waals surface area contributed by atoms with Crippen LogP contribution in [0.15, 0.2) is 58.7 Å². The number of carbonyl (C=O) groups is 1. The highest BCUT2D eigenvalue weighted by molar-refractivity contribution is 7.98. The number of benzene rings is 2. The molecule has 2 aromatic carbocycles. The van der Waals surface area contributed by atoms with Crippen LogP contribution in [-0.4, -0.2) is 33.7 Å². The Morgan fingerprint density at radius 1 is 1.22 bits per heavy atom. The Hall–Kier alpha value is -2.64. The van der Waals surface area contributed by atoms with E-state index < -0.39 is 5.24 Å². The van der Waals surface area contributed by atoms with Crippen LogP contribution in [0, 0.1) is 6.92 Å². The van der Waals surface area contributed by atoms with Gasteiger partial charge in [-0.1, -0.05) is 41.6 Å². The van der Waals surface area contributed by atoms with Gasteiger partial charge in [-0.05, 0) is 59.1 Å². The minimum atomic E-state index is -0.660. The monoisotopic (exact) mass is 400 g/mol. The second-order valence-electron chi connectivity index (χ2n) is 5.70. The molecule has 0 saturated carbocycles. The molecule has 3 aromatic rings. The maximum absolute atomic E-state index is 11.7. The van der Waals surface area contributed by atoms with Crippen LogP contribution in [0.2, 0.25) is 0 Å². The number of rotatable bonds is 7. The summed E-state index contributed by atoms with van der Waals surface area (Å²) in [5, 5.41) is 11.9. The molecule has 0 radical (unpaired) electrons. The van der Waals surface area contributed by atoms with E-state index in [0.29, 0.717) is 10.8 Å². The van der Waals surface area contributed by atoms with E-state index in [2.05, 4.69) is 15.4 Å². The minimum Gasteiger partial charge on any atom is -0.497 e. The van der Waals surface area contributed by atoms with E-state index in [1.54, 1.807) is 13.3 Å². The number of aryl methyl sites for hydroxylation is 1. The Morgan fingerprint density at radius 3 is 2.56 bits per heavy atom. The Morgan fingerprint density at radius 2 is 1.93 bits per heavy atom. The predicted octanol–water partition coefficient (Wildman–Crippen LogP) is 4.15. The fraction of sp³-hybridized carbons (Fsp3) is 0.158. The van der Waals surface area contributed by atoms with Gasteiger partial charge in [0.25, 0.3) is 5.24 Å². The lowest BCUT2D eigenvalue weighted by molar-refractivity contribution is 0.107. The molecule has 3 rings (SSSR count). The van der Waals surface area contributed by atoms with Crippen molar-refractivity contribution in [3.05, 3.63) is 70.9 Å². The zero-order chi connectivity index (χ0) is 19.2. The summed E-state index contributed by atoms with van der Waals surface area (Å²) in [4.78, 5) is 13.0. The van der Waals surface area contributed by atoms with Gasteiger partial charge in [0.1, 0.15) is 5.75 Å². The summed E-state index contributed by atoms with van der Waals surface area (Å²) in [6.07, 6.45) is 1.63. The molecule has 0 aliphatic carbocycles. The number of carbonyl (C=O) groups excluding carboxylic acids is 1. The van der Waals surface area contributed by atoms with E-state index in [9.17, 15) is 4.79 Å². The third kappa shape index (κ3) is 4.96. The van der Waals surface area contributed by atoms with Gasteiger partial charge in [-0.3, -0.25) is 4.79 Å². The molecule has 0 aliphatic heterocycles. The zero-order valence-electron chi connectivity index (χ0n) is 14.8. The summed E-state index contributed by atoms with van der Waals surface area (Å²) in [5.74, 6) is 1.40. The molecule has 1 aromatic heterocycles. The van der Waals surface area contributed by atoms with Crippen molar-refractivity contribution >= 4 is 34.8 Å². The third-order valence-corrected chi connectivity index (χ3v) is 5.01. The quantitative estimate of drug-likeness (QED) is 0.338. The Kier molecular flexibility index (Phi) is 6.26. The van der Waals surface area contributed by atoms with Crippen molar-refractivity contribution < 1.29 is 9.53 Å². The van der Waals surface area contributed by atoms with Gasteiger partial charge >= 0.3 is 0 Å². The summed E-state index contributed by atoms with van der Waals surface area (Å²) in [7, 11) is 1.61. The van der Waals surface area contributed by atoms with Crippen molar-refractivity contribution in [2.45, 2.75) is 17.7 Å². The average molecular weight is 401 g/mol. The van der Waals surface area contributed by atoms with Gasteiger partial charge in [0.05, 0.1) is 13.3 Å². The van der Waals surface area contributed by atoms with Crippen molar-refractivity contribution in [2.24, 2.45) is 5.10 Å². The lowest BCUT2D eigenvalue weighted by Gasteiger charge is -2.04. The van der Waals surface area contributed by atoms with Crippen LogP contribution in [0.4, 0.5) is 0 Å². The van der Waals surface area contributed by atoms with E-state index in [1.807, 2.05) is 55.5 Å². The first-order valence-electron chi connectivity index (χ1n) is 8.09. The SMILES string of the molecule is COc1ccc(/C=N/n2nnc(C(=O)Cl)c2SCc2ccc(C)cc2)cc1. The lowest BCUT2D eigenvalue weighted by atomic mass is 10.2. The van der Waals surface area contributed by atoms with Crippen LogP contribution < -0.4 is 4.74 Å². The normalized spacial score (nSPS) is 11.1. The van der Waals surface area contributed by atoms with Gasteiger partial charge in [0.15, 0.2) is 10.7 Å². The van der Waals surface area contributed by atoms with Crippen molar-refractivity contribution in [3.8, 4) is 5.75 Å². The first-order valence-corrected chi connectivity index (χ1v) is 9.45. The first kappa shape index (κ1) is 19.1. The predicted molar refractivity (Wildman–Crippen MR) is 107 cm³/mol. The van der Waals surface area contributed by atoms with Crippen LogP contribution in [-0.2, 0) is 5.75 Å². The molecule has 138 valence electrons. The standard InChI is InChI=1S/C19H17ClN4O2S/c1-13-3-5-15(6-4-13)12-27-19-17(18(20)25)22-23-24(19)21-11-14-7-9-16(26-2)10-8-14/h3-11H,12H2,1-2H3/b21-11+. The van der Waals surface area contributed by atoms with Gasteiger partial charge in [0.2, 0.25) is 0 Å². The van der Waals surface area contributed by atoms with Crippen LogP contribution in [0.1, 0.15) is 27.2 Å². The highest BCUT2D eigenvalue weighted by Gasteiger charge is 2.18. The van der Waals surface area contributed by atoms with Gasteiger partial charge in [-0.25, -0.2) is 0 Å². The Balaban J connectivity index is 1.81. The fourth-order valence-electron chi connectivity index (χ4n) is 2.24. The van der Waals surface area contributed by atoms with Crippen LogP contribution in [0.3, 0.4) is 0 Å². The van der Waals surface area contributed by atoms with Crippen LogP contribution in [0.5, 0.6) is 5.75 Å². The number of halogens is 1. The molecule has 0 spiro atoms. The number of thioether (sulfide) groups is 1. The Labute approximate surface area is 166 Å². The largest absolute Gasteiger partial charge is 0.497 e. The highest BCUT2D eigenvalue weighted by atomic mass is 35.5. The molecular formula is C19H17ClN4O2S. The van der Waals surface area contributed by atoms with Crippen molar-refractivity contribution in [3.63, 3.8) is 0 Å². The van der Waals surface area contributed by atoms with Gasteiger partial charge in [-0.15, -0.1) is 9.89 Å². The summed E-state index contributed by atoms with van der Waals surface area (Å²) in [5.41, 5.74) is 3.27. The minimum absolute atomic E-state index is 0.0978.